The van der Waals surface area contributed by atoms with Crippen LogP contribution in [-0.4, -0.2) is 54.5 Å². The van der Waals surface area contributed by atoms with E-state index in [1.807, 2.05) is 50.4 Å². The second-order valence-electron chi connectivity index (χ2n) is 6.92. The number of carbonyl (C=O) groups is 2. The smallest absolute Gasteiger partial charge is 0.256 e. The zero-order valence-electron chi connectivity index (χ0n) is 15.6. The number of carbonyl (C=O) groups excluding carboxylic acids is 2. The van der Waals surface area contributed by atoms with E-state index in [4.69, 9.17) is 0 Å². The van der Waals surface area contributed by atoms with Crippen LogP contribution in [-0.2, 0) is 4.79 Å². The molecule has 0 saturated heterocycles. The molecule has 2 aliphatic rings. The number of hydrogen-bond donors (Lipinski definition) is 0. The lowest BCUT2D eigenvalue weighted by Gasteiger charge is -2.29. The topological polar surface area (TPSA) is 53.0 Å². The maximum absolute atomic E-state index is 12.7. The lowest BCUT2D eigenvalue weighted by molar-refractivity contribution is -0.128. The predicted molar refractivity (Wildman–Crippen MR) is 104 cm³/mol. The van der Waals surface area contributed by atoms with Crippen LogP contribution in [0, 0.1) is 0 Å². The first kappa shape index (κ1) is 17.9. The van der Waals surface area contributed by atoms with Crippen molar-refractivity contribution in [2.24, 2.45) is 4.99 Å². The Kier molecular flexibility index (Phi) is 4.89. The molecule has 0 aromatic heterocycles. The molecule has 2 amide bonds. The number of hydrogen-bond acceptors (Lipinski definition) is 3. The largest absolute Gasteiger partial charge is 0.345 e. The van der Waals surface area contributed by atoms with E-state index in [-0.39, 0.29) is 11.8 Å². The zero-order chi connectivity index (χ0) is 18.8. The molecule has 0 radical (unpaired) electrons. The summed E-state index contributed by atoms with van der Waals surface area (Å²) < 4.78 is 0. The van der Waals surface area contributed by atoms with Crippen molar-refractivity contribution in [2.45, 2.75) is 19.9 Å². The molecular weight excluding hydrogens is 326 g/mol. The summed E-state index contributed by atoms with van der Waals surface area (Å²) in [6, 6.07) is 7.02. The highest BCUT2D eigenvalue weighted by molar-refractivity contribution is 6.04. The fourth-order valence-corrected chi connectivity index (χ4v) is 3.01. The van der Waals surface area contributed by atoms with Crippen molar-refractivity contribution in [3.63, 3.8) is 0 Å². The molecule has 0 N–H and O–H groups in total. The van der Waals surface area contributed by atoms with Crippen LogP contribution < -0.4 is 0 Å². The van der Waals surface area contributed by atoms with Crippen molar-refractivity contribution in [3.05, 3.63) is 64.9 Å². The van der Waals surface area contributed by atoms with Crippen molar-refractivity contribution < 1.29 is 9.59 Å². The van der Waals surface area contributed by atoms with E-state index >= 15 is 0 Å². The van der Waals surface area contributed by atoms with Crippen LogP contribution in [0.2, 0.25) is 0 Å². The average Bonchev–Trinajstić information content (AvgIpc) is 3.10. The summed E-state index contributed by atoms with van der Waals surface area (Å²) in [6.07, 6.45) is 7.46. The van der Waals surface area contributed by atoms with Gasteiger partial charge in [-0.15, -0.1) is 0 Å². The van der Waals surface area contributed by atoms with Crippen LogP contribution >= 0.6 is 0 Å². The Labute approximate surface area is 154 Å². The molecule has 0 bridgehead atoms. The molecule has 0 fully saturated rings. The lowest BCUT2D eigenvalue weighted by atomic mass is 9.90. The molecule has 3 rings (SSSR count). The van der Waals surface area contributed by atoms with Gasteiger partial charge in [0.25, 0.3) is 11.8 Å². The normalized spacial score (nSPS) is 18.2. The average molecular weight is 349 g/mol. The number of allylic oxidation sites excluding steroid dienone is 2. The van der Waals surface area contributed by atoms with E-state index in [1.165, 1.54) is 0 Å². The van der Waals surface area contributed by atoms with Crippen molar-refractivity contribution in [3.8, 4) is 0 Å². The Bertz CT molecular complexity index is 871. The fourth-order valence-electron chi connectivity index (χ4n) is 3.01. The van der Waals surface area contributed by atoms with Crippen LogP contribution in [0.15, 0.2) is 58.8 Å². The number of amides is 2. The highest BCUT2D eigenvalue weighted by Crippen LogP contribution is 2.34. The van der Waals surface area contributed by atoms with Crippen molar-refractivity contribution in [1.29, 1.82) is 0 Å². The molecule has 1 aromatic carbocycles. The van der Waals surface area contributed by atoms with Crippen LogP contribution in [0.4, 0.5) is 0 Å². The van der Waals surface area contributed by atoms with Gasteiger partial charge < -0.3 is 9.80 Å². The maximum Gasteiger partial charge on any atom is 0.256 e. The van der Waals surface area contributed by atoms with Gasteiger partial charge in [0.2, 0.25) is 0 Å². The van der Waals surface area contributed by atoms with E-state index in [1.54, 1.807) is 36.2 Å². The molecule has 134 valence electrons. The van der Waals surface area contributed by atoms with Gasteiger partial charge in [-0.2, -0.15) is 0 Å². The minimum absolute atomic E-state index is 0.0215. The Morgan fingerprint density at radius 3 is 2.77 bits per heavy atom. The highest BCUT2D eigenvalue weighted by Gasteiger charge is 2.34. The minimum atomic E-state index is -0.492. The summed E-state index contributed by atoms with van der Waals surface area (Å²) in [6.45, 7) is 4.53. The molecule has 0 aliphatic carbocycles. The van der Waals surface area contributed by atoms with Gasteiger partial charge in [0.05, 0.1) is 0 Å². The third-order valence-electron chi connectivity index (χ3n) is 4.42. The summed E-state index contributed by atoms with van der Waals surface area (Å²) in [5.41, 5.74) is 4.51. The van der Waals surface area contributed by atoms with Gasteiger partial charge in [0.15, 0.2) is 6.04 Å². The molecule has 2 heterocycles. The Morgan fingerprint density at radius 2 is 2.08 bits per heavy atom. The van der Waals surface area contributed by atoms with Crippen LogP contribution in [0.25, 0.3) is 5.57 Å². The monoisotopic (exact) mass is 349 g/mol. The Hall–Kier alpha value is -2.95. The molecule has 1 unspecified atom stereocenters. The summed E-state index contributed by atoms with van der Waals surface area (Å²) >= 11 is 0. The fraction of sp³-hybridized carbons (Fsp3) is 0.286. The van der Waals surface area contributed by atoms with Gasteiger partial charge in [-0.3, -0.25) is 14.6 Å². The second kappa shape index (κ2) is 7.12. The molecule has 5 nitrogen and oxygen atoms in total. The number of rotatable bonds is 4. The van der Waals surface area contributed by atoms with Gasteiger partial charge in [0.1, 0.15) is 0 Å². The molecule has 0 spiro atoms. The van der Waals surface area contributed by atoms with Gasteiger partial charge in [-0.1, -0.05) is 23.8 Å². The SMILES string of the molecule is CC(C)=CCN1C=C(c2cccc(C(=O)N(C)C)c2)C2=CC=NC2C1=O. The van der Waals surface area contributed by atoms with E-state index in [0.717, 1.165) is 22.3 Å². The van der Waals surface area contributed by atoms with Gasteiger partial charge >= 0.3 is 0 Å². The molecular formula is C21H23N3O2. The molecule has 5 heteroatoms. The van der Waals surface area contributed by atoms with E-state index in [2.05, 4.69) is 4.99 Å². The molecule has 26 heavy (non-hydrogen) atoms. The van der Waals surface area contributed by atoms with Crippen molar-refractivity contribution in [1.82, 2.24) is 9.80 Å². The van der Waals surface area contributed by atoms with Gasteiger partial charge in [-0.05, 0) is 43.2 Å². The first-order valence-corrected chi connectivity index (χ1v) is 8.60. The maximum atomic E-state index is 12.7. The molecule has 2 aliphatic heterocycles. The third-order valence-corrected chi connectivity index (χ3v) is 4.42. The predicted octanol–water partition coefficient (Wildman–Crippen LogP) is 2.92. The van der Waals surface area contributed by atoms with Crippen LogP contribution in [0.1, 0.15) is 29.8 Å². The minimum Gasteiger partial charge on any atom is -0.345 e. The zero-order valence-corrected chi connectivity index (χ0v) is 15.6. The number of benzene rings is 1. The van der Waals surface area contributed by atoms with E-state index in [9.17, 15) is 9.59 Å². The van der Waals surface area contributed by atoms with Crippen molar-refractivity contribution >= 4 is 23.6 Å². The molecule has 1 aromatic rings. The van der Waals surface area contributed by atoms with Gasteiger partial charge in [-0.25, -0.2) is 0 Å². The second-order valence-corrected chi connectivity index (χ2v) is 6.92. The van der Waals surface area contributed by atoms with Crippen molar-refractivity contribution in [2.75, 3.05) is 20.6 Å². The summed E-state index contributed by atoms with van der Waals surface area (Å²) in [5, 5.41) is 0. The number of aliphatic imine (C=N–C) groups is 1. The molecule has 0 saturated carbocycles. The first-order chi connectivity index (χ1) is 12.4. The van der Waals surface area contributed by atoms with Crippen LogP contribution in [0.5, 0.6) is 0 Å². The first-order valence-electron chi connectivity index (χ1n) is 8.60. The lowest BCUT2D eigenvalue weighted by Crippen LogP contribution is -2.39. The number of nitrogens with zero attached hydrogens (tertiary/aromatic N) is 3. The van der Waals surface area contributed by atoms with Crippen LogP contribution in [0.3, 0.4) is 0 Å². The summed E-state index contributed by atoms with van der Waals surface area (Å²) in [7, 11) is 3.47. The third kappa shape index (κ3) is 3.38. The highest BCUT2D eigenvalue weighted by atomic mass is 16.2. The van der Waals surface area contributed by atoms with E-state index in [0.29, 0.717) is 12.1 Å². The summed E-state index contributed by atoms with van der Waals surface area (Å²) in [4.78, 5) is 32.6. The van der Waals surface area contributed by atoms with Gasteiger partial charge in [0, 0.05) is 44.2 Å². The Morgan fingerprint density at radius 1 is 1.31 bits per heavy atom. The summed E-state index contributed by atoms with van der Waals surface area (Å²) in [5.74, 6) is -0.0688. The molecule has 1 atom stereocenters. The number of fused-ring (bicyclic) bond motifs is 1. The Balaban J connectivity index is 2.03. The standard InChI is InChI=1S/C21H23N3O2/c1-14(2)9-11-24-13-18(17-8-10-22-19(17)21(24)26)15-6-5-7-16(12-15)20(25)23(3)4/h5-10,12-13,19H,11H2,1-4H3. The quantitative estimate of drug-likeness (QED) is 0.785. The van der Waals surface area contributed by atoms with E-state index < -0.39 is 6.04 Å².